The van der Waals surface area contributed by atoms with E-state index >= 15 is 0 Å². The van der Waals surface area contributed by atoms with Crippen LogP contribution in [0.3, 0.4) is 0 Å². The summed E-state index contributed by atoms with van der Waals surface area (Å²) in [6.45, 7) is 2.59. The molecule has 2 atom stereocenters. The van der Waals surface area contributed by atoms with E-state index in [1.165, 1.54) is 11.3 Å². The van der Waals surface area contributed by atoms with Gasteiger partial charge in [-0.2, -0.15) is 0 Å². The van der Waals surface area contributed by atoms with E-state index in [4.69, 9.17) is 4.74 Å². The van der Waals surface area contributed by atoms with Crippen LogP contribution in [0.1, 0.15) is 36.4 Å². The first kappa shape index (κ1) is 20.6. The van der Waals surface area contributed by atoms with E-state index in [9.17, 15) is 9.59 Å². The molecule has 28 heavy (non-hydrogen) atoms. The van der Waals surface area contributed by atoms with Gasteiger partial charge in [0.1, 0.15) is 0 Å². The Morgan fingerprint density at radius 2 is 2.04 bits per heavy atom. The van der Waals surface area contributed by atoms with Crippen LogP contribution in [0.5, 0.6) is 0 Å². The van der Waals surface area contributed by atoms with E-state index in [0.717, 1.165) is 44.4 Å². The maximum Gasteiger partial charge on any atom is 0.309 e. The Morgan fingerprint density at radius 1 is 1.25 bits per heavy atom. The Bertz CT molecular complexity index is 701. The van der Waals surface area contributed by atoms with Gasteiger partial charge in [-0.1, -0.05) is 12.1 Å². The van der Waals surface area contributed by atoms with Crippen LogP contribution in [-0.2, 0) is 20.7 Å². The number of carbonyl (C=O) groups excluding carboxylic acids is 2. The van der Waals surface area contributed by atoms with Crippen molar-refractivity contribution in [3.8, 4) is 0 Å². The molecule has 2 aliphatic heterocycles. The molecule has 154 valence electrons. The van der Waals surface area contributed by atoms with Crippen molar-refractivity contribution >= 4 is 17.5 Å². The van der Waals surface area contributed by atoms with E-state index in [1.807, 2.05) is 14.1 Å². The summed E-state index contributed by atoms with van der Waals surface area (Å²) in [5, 5.41) is 5.45. The van der Waals surface area contributed by atoms with Crippen LogP contribution in [0.25, 0.3) is 0 Å². The number of ether oxygens (including phenoxy) is 1. The number of hydrogen-bond donors (Lipinski definition) is 2. The van der Waals surface area contributed by atoms with E-state index in [0.29, 0.717) is 13.1 Å². The molecule has 0 spiro atoms. The number of benzene rings is 1. The Kier molecular flexibility index (Phi) is 6.91. The predicted molar refractivity (Wildman–Crippen MR) is 109 cm³/mol. The standard InChI is InChI=1S/C21H32N4O3/c1-24(2)19(16-8-9-18-15(12-16)6-4-10-25(18)3)14-23-21(27)20(26)22-13-17-7-5-11-28-17/h8-9,12,17,19H,4-7,10-11,13-14H2,1-3H3,(H,22,26)(H,23,27)/t17-,19-/m1/s1. The lowest BCUT2D eigenvalue weighted by atomic mass is 9.96. The van der Waals surface area contributed by atoms with Crippen LogP contribution < -0.4 is 15.5 Å². The summed E-state index contributed by atoms with van der Waals surface area (Å²) >= 11 is 0. The van der Waals surface area contributed by atoms with Gasteiger partial charge in [-0.3, -0.25) is 9.59 Å². The van der Waals surface area contributed by atoms with E-state index in [-0.39, 0.29) is 12.1 Å². The van der Waals surface area contributed by atoms with E-state index < -0.39 is 11.8 Å². The summed E-state index contributed by atoms with van der Waals surface area (Å²) in [5.74, 6) is -1.19. The molecule has 2 N–H and O–H groups in total. The number of fused-ring (bicyclic) bond motifs is 1. The molecule has 2 heterocycles. The van der Waals surface area contributed by atoms with Crippen LogP contribution in [0, 0.1) is 0 Å². The molecule has 1 fully saturated rings. The number of aryl methyl sites for hydroxylation is 1. The minimum absolute atomic E-state index is 0.00690. The van der Waals surface area contributed by atoms with Gasteiger partial charge >= 0.3 is 11.8 Å². The van der Waals surface area contributed by atoms with Crippen LogP contribution in [0.4, 0.5) is 5.69 Å². The highest BCUT2D eigenvalue weighted by molar-refractivity contribution is 6.35. The largest absolute Gasteiger partial charge is 0.376 e. The van der Waals surface area contributed by atoms with Gasteiger partial charge in [-0.25, -0.2) is 0 Å². The third-order valence-electron chi connectivity index (χ3n) is 5.64. The Hall–Kier alpha value is -2.12. The molecule has 0 unspecified atom stereocenters. The molecule has 2 amide bonds. The zero-order valence-electron chi connectivity index (χ0n) is 17.2. The summed E-state index contributed by atoms with van der Waals surface area (Å²) in [6, 6.07) is 6.53. The maximum atomic E-state index is 12.2. The van der Waals surface area contributed by atoms with Crippen molar-refractivity contribution in [3.63, 3.8) is 0 Å². The lowest BCUT2D eigenvalue weighted by Gasteiger charge is -2.30. The highest BCUT2D eigenvalue weighted by atomic mass is 16.5. The number of nitrogens with zero attached hydrogens (tertiary/aromatic N) is 2. The topological polar surface area (TPSA) is 73.9 Å². The molecule has 1 aromatic rings. The number of likely N-dealkylation sites (N-methyl/N-ethyl adjacent to an activating group) is 1. The van der Waals surface area contributed by atoms with Crippen LogP contribution in [-0.4, -0.2) is 70.2 Å². The molecule has 7 heteroatoms. The van der Waals surface area contributed by atoms with Gasteiger partial charge < -0.3 is 25.2 Å². The quantitative estimate of drug-likeness (QED) is 0.714. The van der Waals surface area contributed by atoms with E-state index in [2.05, 4.69) is 45.7 Å². The molecule has 3 rings (SSSR count). The smallest absolute Gasteiger partial charge is 0.309 e. The number of amides is 2. The molecule has 0 saturated carbocycles. The first-order valence-corrected chi connectivity index (χ1v) is 10.1. The van der Waals surface area contributed by atoms with Crippen molar-refractivity contribution in [2.45, 2.75) is 37.8 Å². The number of anilines is 1. The minimum atomic E-state index is -0.597. The molecule has 0 aliphatic carbocycles. The predicted octanol–water partition coefficient (Wildman–Crippen LogP) is 1.08. The van der Waals surface area contributed by atoms with Gasteiger partial charge in [-0.05, 0) is 57.0 Å². The highest BCUT2D eigenvalue weighted by Crippen LogP contribution is 2.29. The van der Waals surface area contributed by atoms with Crippen LogP contribution >= 0.6 is 0 Å². The molecular weight excluding hydrogens is 356 g/mol. The third kappa shape index (κ3) is 5.02. The number of nitrogens with one attached hydrogen (secondary N) is 2. The summed E-state index contributed by atoms with van der Waals surface area (Å²) in [7, 11) is 6.09. The van der Waals surface area contributed by atoms with Crippen molar-refractivity contribution < 1.29 is 14.3 Å². The maximum absolute atomic E-state index is 12.2. The third-order valence-corrected chi connectivity index (χ3v) is 5.64. The van der Waals surface area contributed by atoms with E-state index in [1.54, 1.807) is 0 Å². The fourth-order valence-corrected chi connectivity index (χ4v) is 3.97. The zero-order chi connectivity index (χ0) is 20.1. The van der Waals surface area contributed by atoms with Gasteiger partial charge in [0, 0.05) is 39.0 Å². The van der Waals surface area contributed by atoms with Crippen molar-refractivity contribution in [1.29, 1.82) is 0 Å². The van der Waals surface area contributed by atoms with Crippen molar-refractivity contribution in [2.75, 3.05) is 52.3 Å². The fourth-order valence-electron chi connectivity index (χ4n) is 3.97. The van der Waals surface area contributed by atoms with Gasteiger partial charge in [0.05, 0.1) is 12.1 Å². The highest BCUT2D eigenvalue weighted by Gasteiger charge is 2.22. The molecule has 2 aliphatic rings. The molecule has 0 radical (unpaired) electrons. The molecule has 0 aromatic heterocycles. The lowest BCUT2D eigenvalue weighted by molar-refractivity contribution is -0.139. The summed E-state index contributed by atoms with van der Waals surface area (Å²) in [4.78, 5) is 28.6. The Labute approximate surface area is 167 Å². The number of hydrogen-bond acceptors (Lipinski definition) is 5. The van der Waals surface area contributed by atoms with Gasteiger partial charge in [0.15, 0.2) is 0 Å². The van der Waals surface area contributed by atoms with Gasteiger partial charge in [-0.15, -0.1) is 0 Å². The van der Waals surface area contributed by atoms with Gasteiger partial charge in [0.25, 0.3) is 0 Å². The molecule has 7 nitrogen and oxygen atoms in total. The molecule has 1 aromatic carbocycles. The van der Waals surface area contributed by atoms with Crippen molar-refractivity contribution in [3.05, 3.63) is 29.3 Å². The monoisotopic (exact) mass is 388 g/mol. The van der Waals surface area contributed by atoms with Crippen molar-refractivity contribution in [1.82, 2.24) is 15.5 Å². The van der Waals surface area contributed by atoms with Gasteiger partial charge in [0.2, 0.25) is 0 Å². The second-order valence-corrected chi connectivity index (χ2v) is 7.95. The summed E-state index contributed by atoms with van der Waals surface area (Å²) < 4.78 is 5.47. The first-order chi connectivity index (χ1) is 13.5. The Balaban J connectivity index is 1.57. The number of carbonyl (C=O) groups is 2. The summed E-state index contributed by atoms with van der Waals surface area (Å²) in [5.41, 5.74) is 3.78. The zero-order valence-corrected chi connectivity index (χ0v) is 17.2. The second kappa shape index (κ2) is 9.39. The van der Waals surface area contributed by atoms with Crippen LogP contribution in [0.15, 0.2) is 18.2 Å². The first-order valence-electron chi connectivity index (χ1n) is 10.1. The second-order valence-electron chi connectivity index (χ2n) is 7.95. The fraction of sp³-hybridized carbons (Fsp3) is 0.619. The van der Waals surface area contributed by atoms with Crippen molar-refractivity contribution in [2.24, 2.45) is 0 Å². The average molecular weight is 389 g/mol. The summed E-state index contributed by atoms with van der Waals surface area (Å²) in [6.07, 6.45) is 4.19. The van der Waals surface area contributed by atoms with Crippen LogP contribution in [0.2, 0.25) is 0 Å². The molecule has 1 saturated heterocycles. The lowest BCUT2D eigenvalue weighted by Crippen LogP contribution is -2.44. The average Bonchev–Trinajstić information content (AvgIpc) is 3.19. The minimum Gasteiger partial charge on any atom is -0.376 e. The molecular formula is C21H32N4O3. The SMILES string of the molecule is CN1CCCc2cc([C@@H](CNC(=O)C(=O)NC[C@H]3CCCO3)N(C)C)ccc21. The normalized spacial score (nSPS) is 20.0. The molecule has 0 bridgehead atoms. The Morgan fingerprint density at radius 3 is 2.75 bits per heavy atom. The number of rotatable bonds is 6.